The minimum atomic E-state index is 0.624. The highest BCUT2D eigenvalue weighted by molar-refractivity contribution is 5.79. The summed E-state index contributed by atoms with van der Waals surface area (Å²) in [6.07, 6.45) is 3.88. The summed E-state index contributed by atoms with van der Waals surface area (Å²) in [4.78, 5) is 4.63. The average molecular weight is 229 g/mol. The maximum absolute atomic E-state index is 5.81. The third-order valence-electron chi connectivity index (χ3n) is 3.92. The first-order chi connectivity index (χ1) is 8.15. The second-order valence-electron chi connectivity index (χ2n) is 5.35. The molecule has 0 spiro atoms. The van der Waals surface area contributed by atoms with Gasteiger partial charge in [-0.1, -0.05) is 6.92 Å². The van der Waals surface area contributed by atoms with Crippen LogP contribution in [0.5, 0.6) is 0 Å². The first-order valence-electron chi connectivity index (χ1n) is 6.39. The molecule has 3 nitrogen and oxygen atoms in total. The molecule has 1 heterocycles. The Balaban J connectivity index is 2.12. The van der Waals surface area contributed by atoms with Crippen molar-refractivity contribution in [3.8, 4) is 0 Å². The lowest BCUT2D eigenvalue weighted by Crippen LogP contribution is -2.07. The number of hydrogen-bond acceptors (Lipinski definition) is 2. The third kappa shape index (κ3) is 1.70. The van der Waals surface area contributed by atoms with Crippen LogP contribution < -0.4 is 5.73 Å². The molecule has 2 unspecified atom stereocenters. The fourth-order valence-corrected chi connectivity index (χ4v) is 3.11. The van der Waals surface area contributed by atoms with Crippen LogP contribution in [0.15, 0.2) is 18.2 Å². The molecule has 0 saturated heterocycles. The lowest BCUT2D eigenvalue weighted by Gasteiger charge is -2.15. The summed E-state index contributed by atoms with van der Waals surface area (Å²) in [5, 5.41) is 0. The van der Waals surface area contributed by atoms with Gasteiger partial charge in [0.25, 0.3) is 0 Å². The Bertz CT molecular complexity index is 556. The van der Waals surface area contributed by atoms with E-state index in [1.165, 1.54) is 24.8 Å². The van der Waals surface area contributed by atoms with E-state index >= 15 is 0 Å². The molecular formula is C14H19N3. The first kappa shape index (κ1) is 10.6. The highest BCUT2D eigenvalue weighted by atomic mass is 15.1. The maximum Gasteiger partial charge on any atom is 0.106 e. The van der Waals surface area contributed by atoms with Gasteiger partial charge in [0, 0.05) is 11.7 Å². The molecule has 0 bridgehead atoms. The minimum absolute atomic E-state index is 0.624. The number of nitrogen functional groups attached to an aromatic ring is 1. The number of anilines is 1. The Morgan fingerprint density at radius 1 is 1.35 bits per heavy atom. The molecular weight excluding hydrogens is 210 g/mol. The van der Waals surface area contributed by atoms with E-state index in [0.717, 1.165) is 22.9 Å². The lowest BCUT2D eigenvalue weighted by molar-refractivity contribution is 0.495. The number of hydrogen-bond donors (Lipinski definition) is 1. The topological polar surface area (TPSA) is 43.8 Å². The predicted octanol–water partition coefficient (Wildman–Crippen LogP) is 3.29. The number of imidazole rings is 1. The second-order valence-corrected chi connectivity index (χ2v) is 5.35. The predicted molar refractivity (Wildman–Crippen MR) is 70.9 cm³/mol. The Morgan fingerprint density at radius 3 is 2.88 bits per heavy atom. The van der Waals surface area contributed by atoms with E-state index < -0.39 is 0 Å². The summed E-state index contributed by atoms with van der Waals surface area (Å²) < 4.78 is 2.40. The zero-order valence-electron chi connectivity index (χ0n) is 10.5. The number of rotatable bonds is 1. The highest BCUT2D eigenvalue weighted by Crippen LogP contribution is 2.37. The van der Waals surface area contributed by atoms with E-state index in [1.807, 2.05) is 12.1 Å². The molecule has 3 heteroatoms. The Hall–Kier alpha value is -1.51. The lowest BCUT2D eigenvalue weighted by atomic mass is 10.1. The van der Waals surface area contributed by atoms with Crippen LogP contribution in [-0.4, -0.2) is 9.55 Å². The molecule has 17 heavy (non-hydrogen) atoms. The molecule has 0 aliphatic heterocycles. The molecule has 0 amide bonds. The van der Waals surface area contributed by atoms with Crippen molar-refractivity contribution in [1.29, 1.82) is 0 Å². The van der Waals surface area contributed by atoms with Crippen LogP contribution in [0.4, 0.5) is 5.69 Å². The Kier molecular flexibility index (Phi) is 2.35. The van der Waals surface area contributed by atoms with Crippen molar-refractivity contribution in [2.24, 2.45) is 5.92 Å². The van der Waals surface area contributed by atoms with Crippen molar-refractivity contribution in [3.05, 3.63) is 24.0 Å². The van der Waals surface area contributed by atoms with Crippen molar-refractivity contribution < 1.29 is 0 Å². The van der Waals surface area contributed by atoms with E-state index in [1.54, 1.807) is 0 Å². The number of nitrogens with zero attached hydrogens (tertiary/aromatic N) is 2. The van der Waals surface area contributed by atoms with Crippen LogP contribution in [-0.2, 0) is 0 Å². The normalized spacial score (nSPS) is 24.6. The second kappa shape index (κ2) is 3.76. The zero-order chi connectivity index (χ0) is 12.0. The number of nitrogens with two attached hydrogens (primary N) is 1. The minimum Gasteiger partial charge on any atom is -0.399 e. The number of fused-ring (bicyclic) bond motifs is 1. The summed E-state index contributed by atoms with van der Waals surface area (Å²) >= 11 is 0. The molecule has 0 radical (unpaired) electrons. The van der Waals surface area contributed by atoms with Gasteiger partial charge in [-0.25, -0.2) is 4.98 Å². The van der Waals surface area contributed by atoms with Gasteiger partial charge in [-0.3, -0.25) is 0 Å². The monoisotopic (exact) mass is 229 g/mol. The van der Waals surface area contributed by atoms with Crippen LogP contribution in [0, 0.1) is 12.8 Å². The van der Waals surface area contributed by atoms with Crippen molar-refractivity contribution in [3.63, 3.8) is 0 Å². The van der Waals surface area contributed by atoms with E-state index in [4.69, 9.17) is 5.73 Å². The van der Waals surface area contributed by atoms with Crippen LogP contribution in [0.25, 0.3) is 11.0 Å². The quantitative estimate of drug-likeness (QED) is 0.762. The van der Waals surface area contributed by atoms with E-state index in [0.29, 0.717) is 6.04 Å². The van der Waals surface area contributed by atoms with Crippen molar-refractivity contribution in [2.75, 3.05) is 5.73 Å². The molecule has 1 saturated carbocycles. The third-order valence-corrected chi connectivity index (χ3v) is 3.92. The highest BCUT2D eigenvalue weighted by Gasteiger charge is 2.25. The smallest absolute Gasteiger partial charge is 0.106 e. The standard InChI is InChI=1S/C14H19N3/c1-9-3-5-12(7-9)17-10(2)16-13-8-11(15)4-6-14(13)17/h4,6,8-9,12H,3,5,7,15H2,1-2H3. The van der Waals surface area contributed by atoms with Crippen LogP contribution in [0.3, 0.4) is 0 Å². The molecule has 1 aliphatic rings. The van der Waals surface area contributed by atoms with E-state index in [9.17, 15) is 0 Å². The molecule has 90 valence electrons. The van der Waals surface area contributed by atoms with Gasteiger partial charge in [-0.15, -0.1) is 0 Å². The molecule has 1 fully saturated rings. The van der Waals surface area contributed by atoms with Crippen molar-refractivity contribution >= 4 is 16.7 Å². The number of aryl methyl sites for hydroxylation is 1. The molecule has 2 atom stereocenters. The van der Waals surface area contributed by atoms with Gasteiger partial charge in [0.05, 0.1) is 11.0 Å². The van der Waals surface area contributed by atoms with E-state index in [-0.39, 0.29) is 0 Å². The summed E-state index contributed by atoms with van der Waals surface area (Å²) in [5.74, 6) is 1.95. The fourth-order valence-electron chi connectivity index (χ4n) is 3.11. The molecule has 1 aromatic heterocycles. The fraction of sp³-hybridized carbons (Fsp3) is 0.500. The Morgan fingerprint density at radius 2 is 2.18 bits per heavy atom. The molecule has 3 rings (SSSR count). The summed E-state index contributed by atoms with van der Waals surface area (Å²) in [6.45, 7) is 4.44. The van der Waals surface area contributed by atoms with Crippen LogP contribution >= 0.6 is 0 Å². The number of benzene rings is 1. The summed E-state index contributed by atoms with van der Waals surface area (Å²) in [6, 6.07) is 6.67. The molecule has 2 N–H and O–H groups in total. The molecule has 1 aliphatic carbocycles. The van der Waals surface area contributed by atoms with Crippen molar-refractivity contribution in [2.45, 2.75) is 39.2 Å². The van der Waals surface area contributed by atoms with Crippen LogP contribution in [0.1, 0.15) is 38.1 Å². The van der Waals surface area contributed by atoms with Gasteiger partial charge in [0.15, 0.2) is 0 Å². The van der Waals surface area contributed by atoms with Gasteiger partial charge in [0.2, 0.25) is 0 Å². The summed E-state index contributed by atoms with van der Waals surface area (Å²) in [7, 11) is 0. The van der Waals surface area contributed by atoms with Crippen LogP contribution in [0.2, 0.25) is 0 Å². The zero-order valence-corrected chi connectivity index (χ0v) is 10.5. The van der Waals surface area contributed by atoms with Crippen molar-refractivity contribution in [1.82, 2.24) is 9.55 Å². The average Bonchev–Trinajstić information content (AvgIpc) is 2.80. The van der Waals surface area contributed by atoms with Gasteiger partial charge in [-0.2, -0.15) is 0 Å². The number of aromatic nitrogens is 2. The molecule has 2 aromatic rings. The van der Waals surface area contributed by atoms with Gasteiger partial charge >= 0.3 is 0 Å². The summed E-state index contributed by atoms with van der Waals surface area (Å²) in [5.41, 5.74) is 8.86. The van der Waals surface area contributed by atoms with Gasteiger partial charge in [-0.05, 0) is 50.3 Å². The Labute approximate surface area is 102 Å². The maximum atomic E-state index is 5.81. The van der Waals surface area contributed by atoms with Gasteiger partial charge in [0.1, 0.15) is 5.82 Å². The SMILES string of the molecule is Cc1nc2cc(N)ccc2n1C1CCC(C)C1. The molecule has 1 aromatic carbocycles. The first-order valence-corrected chi connectivity index (χ1v) is 6.39. The van der Waals surface area contributed by atoms with Gasteiger partial charge < -0.3 is 10.3 Å². The van der Waals surface area contributed by atoms with E-state index in [2.05, 4.69) is 29.5 Å². The largest absolute Gasteiger partial charge is 0.399 e.